The Morgan fingerprint density at radius 2 is 1.89 bits per heavy atom. The van der Waals surface area contributed by atoms with Gasteiger partial charge >= 0.3 is 0 Å². The lowest BCUT2D eigenvalue weighted by molar-refractivity contribution is -0.103. The average molecular weight is 252 g/mol. The van der Waals surface area contributed by atoms with Crippen molar-refractivity contribution in [1.29, 1.82) is 0 Å². The standard InChI is InChI=1S/C16H32N2/c1-5-18(6-2)10-9-17-12-13-7-8-14-11-15(13)16(14,3)4/h13-15,17H,5-12H2,1-4H3. The van der Waals surface area contributed by atoms with Crippen molar-refractivity contribution in [1.82, 2.24) is 10.2 Å². The zero-order chi connectivity index (χ0) is 13.2. The summed E-state index contributed by atoms with van der Waals surface area (Å²) in [6.07, 6.45) is 4.46. The molecule has 2 bridgehead atoms. The van der Waals surface area contributed by atoms with Crippen LogP contribution in [0.1, 0.15) is 47.0 Å². The van der Waals surface area contributed by atoms with Gasteiger partial charge in [-0.2, -0.15) is 0 Å². The van der Waals surface area contributed by atoms with Gasteiger partial charge in [0.2, 0.25) is 0 Å². The lowest BCUT2D eigenvalue weighted by Gasteiger charge is -2.60. The van der Waals surface area contributed by atoms with Crippen LogP contribution in [0.25, 0.3) is 0 Å². The first-order valence-corrected chi connectivity index (χ1v) is 8.02. The number of hydrogen-bond donors (Lipinski definition) is 1. The molecule has 106 valence electrons. The van der Waals surface area contributed by atoms with E-state index in [1.54, 1.807) is 0 Å². The summed E-state index contributed by atoms with van der Waals surface area (Å²) in [4.78, 5) is 2.50. The minimum absolute atomic E-state index is 0.642. The molecule has 3 unspecified atom stereocenters. The number of fused-ring (bicyclic) bond motifs is 2. The Labute approximate surface area is 114 Å². The third kappa shape index (κ3) is 2.75. The number of nitrogens with one attached hydrogen (secondary N) is 1. The van der Waals surface area contributed by atoms with Crippen LogP contribution in [0.2, 0.25) is 0 Å². The van der Waals surface area contributed by atoms with E-state index in [4.69, 9.17) is 0 Å². The molecular formula is C16H32N2. The van der Waals surface area contributed by atoms with Crippen LogP contribution in [0.15, 0.2) is 0 Å². The highest BCUT2D eigenvalue weighted by molar-refractivity contribution is 5.03. The minimum Gasteiger partial charge on any atom is -0.315 e. The van der Waals surface area contributed by atoms with E-state index < -0.39 is 0 Å². The Balaban J connectivity index is 1.65. The molecule has 3 aliphatic carbocycles. The number of likely N-dealkylation sites (N-methyl/N-ethyl adjacent to an activating group) is 1. The first-order valence-electron chi connectivity index (χ1n) is 8.02. The molecule has 0 aromatic heterocycles. The van der Waals surface area contributed by atoms with Gasteiger partial charge in [0.1, 0.15) is 0 Å². The van der Waals surface area contributed by atoms with E-state index in [0.717, 1.165) is 24.3 Å². The van der Waals surface area contributed by atoms with Gasteiger partial charge in [0.15, 0.2) is 0 Å². The summed E-state index contributed by atoms with van der Waals surface area (Å²) in [6.45, 7) is 15.5. The van der Waals surface area contributed by atoms with Crippen molar-refractivity contribution < 1.29 is 0 Å². The van der Waals surface area contributed by atoms with E-state index in [1.165, 1.54) is 45.4 Å². The number of nitrogens with zero attached hydrogens (tertiary/aromatic N) is 1. The second kappa shape index (κ2) is 5.92. The lowest BCUT2D eigenvalue weighted by atomic mass is 9.45. The molecule has 0 saturated heterocycles. The predicted octanol–water partition coefficient (Wildman–Crippen LogP) is 2.99. The van der Waals surface area contributed by atoms with Gasteiger partial charge in [0, 0.05) is 13.1 Å². The fraction of sp³-hybridized carbons (Fsp3) is 1.00. The quantitative estimate of drug-likeness (QED) is 0.701. The first-order chi connectivity index (χ1) is 8.59. The highest BCUT2D eigenvalue weighted by Gasteiger charge is 2.53. The van der Waals surface area contributed by atoms with Crippen molar-refractivity contribution in [2.24, 2.45) is 23.2 Å². The fourth-order valence-corrected chi connectivity index (χ4v) is 4.27. The third-order valence-corrected chi connectivity index (χ3v) is 5.91. The van der Waals surface area contributed by atoms with Crippen molar-refractivity contribution in [2.45, 2.75) is 47.0 Å². The van der Waals surface area contributed by atoms with E-state index in [1.807, 2.05) is 0 Å². The molecule has 2 heteroatoms. The van der Waals surface area contributed by atoms with E-state index >= 15 is 0 Å². The zero-order valence-corrected chi connectivity index (χ0v) is 12.8. The van der Waals surface area contributed by atoms with Gasteiger partial charge in [-0.15, -0.1) is 0 Å². The topological polar surface area (TPSA) is 15.3 Å². The van der Waals surface area contributed by atoms with Crippen molar-refractivity contribution in [2.75, 3.05) is 32.7 Å². The molecule has 3 saturated carbocycles. The Bertz CT molecular complexity index is 256. The normalized spacial score (nSPS) is 33.5. The predicted molar refractivity (Wildman–Crippen MR) is 78.8 cm³/mol. The van der Waals surface area contributed by atoms with Crippen molar-refractivity contribution in [3.63, 3.8) is 0 Å². The Kier molecular flexibility index (Phi) is 4.71. The monoisotopic (exact) mass is 252 g/mol. The van der Waals surface area contributed by atoms with E-state index in [-0.39, 0.29) is 0 Å². The van der Waals surface area contributed by atoms with Crippen molar-refractivity contribution in [3.05, 3.63) is 0 Å². The minimum atomic E-state index is 0.642. The highest BCUT2D eigenvalue weighted by Crippen LogP contribution is 2.61. The van der Waals surface area contributed by atoms with E-state index in [9.17, 15) is 0 Å². The lowest BCUT2D eigenvalue weighted by Crippen LogP contribution is -2.54. The molecule has 0 aliphatic heterocycles. The summed E-state index contributed by atoms with van der Waals surface area (Å²) in [5.41, 5.74) is 0.642. The molecule has 3 aliphatic rings. The molecule has 0 radical (unpaired) electrons. The van der Waals surface area contributed by atoms with Crippen LogP contribution < -0.4 is 5.32 Å². The van der Waals surface area contributed by atoms with Crippen LogP contribution in [-0.2, 0) is 0 Å². The molecule has 3 rings (SSSR count). The van der Waals surface area contributed by atoms with Gasteiger partial charge in [-0.25, -0.2) is 0 Å². The van der Waals surface area contributed by atoms with Gasteiger partial charge in [0.05, 0.1) is 0 Å². The van der Waals surface area contributed by atoms with Gasteiger partial charge in [-0.05, 0) is 62.1 Å². The molecule has 3 fully saturated rings. The van der Waals surface area contributed by atoms with Crippen LogP contribution in [-0.4, -0.2) is 37.6 Å². The number of hydrogen-bond acceptors (Lipinski definition) is 2. The van der Waals surface area contributed by atoms with Crippen molar-refractivity contribution >= 4 is 0 Å². The van der Waals surface area contributed by atoms with Gasteiger partial charge < -0.3 is 10.2 Å². The van der Waals surface area contributed by atoms with Crippen LogP contribution in [0.3, 0.4) is 0 Å². The molecule has 1 N–H and O–H groups in total. The summed E-state index contributed by atoms with van der Waals surface area (Å²) in [7, 11) is 0. The highest BCUT2D eigenvalue weighted by atomic mass is 15.1. The summed E-state index contributed by atoms with van der Waals surface area (Å²) in [6, 6.07) is 0. The number of rotatable bonds is 7. The maximum atomic E-state index is 3.71. The van der Waals surface area contributed by atoms with Gasteiger partial charge in [-0.3, -0.25) is 0 Å². The Morgan fingerprint density at radius 1 is 1.17 bits per heavy atom. The van der Waals surface area contributed by atoms with Gasteiger partial charge in [-0.1, -0.05) is 27.7 Å². The fourth-order valence-electron chi connectivity index (χ4n) is 4.27. The van der Waals surface area contributed by atoms with Crippen LogP contribution in [0, 0.1) is 23.2 Å². The third-order valence-electron chi connectivity index (χ3n) is 5.91. The maximum absolute atomic E-state index is 3.71. The molecule has 2 nitrogen and oxygen atoms in total. The molecule has 0 aromatic carbocycles. The smallest absolute Gasteiger partial charge is 0.0107 e. The summed E-state index contributed by atoms with van der Waals surface area (Å²) in [5.74, 6) is 2.98. The van der Waals surface area contributed by atoms with Crippen molar-refractivity contribution in [3.8, 4) is 0 Å². The summed E-state index contributed by atoms with van der Waals surface area (Å²) >= 11 is 0. The maximum Gasteiger partial charge on any atom is 0.0107 e. The SMILES string of the molecule is CCN(CC)CCNCC1CCC2CC1C2(C)C. The van der Waals surface area contributed by atoms with Crippen LogP contribution in [0.5, 0.6) is 0 Å². The Morgan fingerprint density at radius 3 is 2.44 bits per heavy atom. The van der Waals surface area contributed by atoms with E-state index in [2.05, 4.69) is 37.9 Å². The molecular weight excluding hydrogens is 220 g/mol. The Hall–Kier alpha value is -0.0800. The van der Waals surface area contributed by atoms with E-state index in [0.29, 0.717) is 5.41 Å². The summed E-state index contributed by atoms with van der Waals surface area (Å²) < 4.78 is 0. The molecule has 0 aromatic rings. The molecule has 0 heterocycles. The first kappa shape index (κ1) is 14.3. The second-order valence-corrected chi connectivity index (χ2v) is 6.93. The molecule has 0 amide bonds. The second-order valence-electron chi connectivity index (χ2n) is 6.93. The zero-order valence-electron chi connectivity index (χ0n) is 12.8. The average Bonchev–Trinajstić information content (AvgIpc) is 2.39. The summed E-state index contributed by atoms with van der Waals surface area (Å²) in [5, 5.41) is 3.71. The molecule has 3 atom stereocenters. The van der Waals surface area contributed by atoms with Crippen LogP contribution in [0.4, 0.5) is 0 Å². The largest absolute Gasteiger partial charge is 0.315 e. The van der Waals surface area contributed by atoms with Gasteiger partial charge in [0.25, 0.3) is 0 Å². The molecule has 18 heavy (non-hydrogen) atoms. The van der Waals surface area contributed by atoms with Crippen LogP contribution >= 0.6 is 0 Å². The molecule has 0 spiro atoms.